The second-order valence-electron chi connectivity index (χ2n) is 4.03. The van der Waals surface area contributed by atoms with E-state index in [9.17, 15) is 0 Å². The Morgan fingerprint density at radius 2 is 2.12 bits per heavy atom. The Labute approximate surface area is 103 Å². The number of alkyl halides is 1. The summed E-state index contributed by atoms with van der Waals surface area (Å²) < 4.78 is 5.72. The van der Waals surface area contributed by atoms with Crippen LogP contribution in [0.4, 0.5) is 0 Å². The molecule has 0 aromatic carbocycles. The Bertz CT molecular complexity index is 328. The van der Waals surface area contributed by atoms with E-state index in [4.69, 9.17) is 16.3 Å². The molecule has 0 saturated carbocycles. The van der Waals surface area contributed by atoms with Gasteiger partial charge in [-0.2, -0.15) is 0 Å². The normalized spacial score (nSPS) is 12.5. The van der Waals surface area contributed by atoms with Gasteiger partial charge in [0, 0.05) is 17.6 Å². The van der Waals surface area contributed by atoms with Crippen molar-refractivity contribution in [2.75, 3.05) is 0 Å². The molecule has 0 bridgehead atoms. The lowest BCUT2D eigenvalue weighted by Crippen LogP contribution is -2.11. The number of ether oxygens (including phenoxy) is 1. The first-order chi connectivity index (χ1) is 7.69. The lowest BCUT2D eigenvalue weighted by molar-refractivity contribution is 0.208. The maximum absolute atomic E-state index is 5.86. The lowest BCUT2D eigenvalue weighted by atomic mass is 10.2. The monoisotopic (exact) mass is 241 g/mol. The molecular weight excluding hydrogens is 222 g/mol. The summed E-state index contributed by atoms with van der Waals surface area (Å²) in [5, 5.41) is 0. The van der Waals surface area contributed by atoms with Crippen molar-refractivity contribution >= 4 is 11.6 Å². The topological polar surface area (TPSA) is 22.1 Å². The molecule has 0 aliphatic rings. The van der Waals surface area contributed by atoms with E-state index >= 15 is 0 Å². The van der Waals surface area contributed by atoms with Crippen LogP contribution in [0.15, 0.2) is 12.1 Å². The number of aromatic nitrogens is 1. The van der Waals surface area contributed by atoms with Crippen LogP contribution in [0.1, 0.15) is 44.9 Å². The second kappa shape index (κ2) is 6.74. The van der Waals surface area contributed by atoms with E-state index in [1.54, 1.807) is 0 Å². The zero-order chi connectivity index (χ0) is 12.0. The average Bonchev–Trinajstić information content (AvgIpc) is 2.29. The Morgan fingerprint density at radius 3 is 2.69 bits per heavy atom. The average molecular weight is 242 g/mol. The first kappa shape index (κ1) is 13.3. The Morgan fingerprint density at radius 1 is 1.38 bits per heavy atom. The Hall–Kier alpha value is -0.760. The zero-order valence-corrected chi connectivity index (χ0v) is 11.0. The van der Waals surface area contributed by atoms with Crippen molar-refractivity contribution in [3.8, 4) is 5.88 Å². The molecule has 0 fully saturated rings. The van der Waals surface area contributed by atoms with Gasteiger partial charge in [0.05, 0.1) is 6.10 Å². The molecule has 3 heteroatoms. The van der Waals surface area contributed by atoms with Crippen LogP contribution in [-0.2, 0) is 12.3 Å². The van der Waals surface area contributed by atoms with E-state index in [1.165, 1.54) is 0 Å². The van der Waals surface area contributed by atoms with Crippen LogP contribution >= 0.6 is 11.6 Å². The molecule has 0 N–H and O–H groups in total. The van der Waals surface area contributed by atoms with Crippen molar-refractivity contribution in [3.05, 3.63) is 23.4 Å². The third-order valence-electron chi connectivity index (χ3n) is 2.47. The Balaban J connectivity index is 2.85. The highest BCUT2D eigenvalue weighted by Gasteiger charge is 2.06. The maximum atomic E-state index is 5.86. The number of halogens is 1. The van der Waals surface area contributed by atoms with Crippen molar-refractivity contribution in [1.82, 2.24) is 4.98 Å². The van der Waals surface area contributed by atoms with E-state index in [0.717, 1.165) is 30.5 Å². The number of aryl methyl sites for hydroxylation is 1. The molecule has 1 aromatic heterocycles. The first-order valence-electron chi connectivity index (χ1n) is 5.92. The van der Waals surface area contributed by atoms with Gasteiger partial charge in [-0.05, 0) is 31.4 Å². The summed E-state index contributed by atoms with van der Waals surface area (Å²) in [5.74, 6) is 1.21. The summed E-state index contributed by atoms with van der Waals surface area (Å²) in [7, 11) is 0. The van der Waals surface area contributed by atoms with Crippen molar-refractivity contribution in [1.29, 1.82) is 0 Å². The van der Waals surface area contributed by atoms with Gasteiger partial charge in [-0.15, -0.1) is 11.6 Å². The fourth-order valence-electron chi connectivity index (χ4n) is 1.43. The first-order valence-corrected chi connectivity index (χ1v) is 6.45. The minimum Gasteiger partial charge on any atom is -0.475 e. The molecule has 0 saturated heterocycles. The fourth-order valence-corrected chi connectivity index (χ4v) is 1.59. The molecule has 0 spiro atoms. The van der Waals surface area contributed by atoms with Gasteiger partial charge < -0.3 is 4.74 Å². The molecule has 1 unspecified atom stereocenters. The zero-order valence-electron chi connectivity index (χ0n) is 10.3. The SMILES string of the molecule is CCCc1cc(CCl)cc(OC(C)CC)n1. The van der Waals surface area contributed by atoms with Gasteiger partial charge in [0.25, 0.3) is 0 Å². The van der Waals surface area contributed by atoms with Gasteiger partial charge in [-0.1, -0.05) is 20.3 Å². The highest BCUT2D eigenvalue weighted by molar-refractivity contribution is 6.17. The summed E-state index contributed by atoms with van der Waals surface area (Å²) >= 11 is 5.86. The van der Waals surface area contributed by atoms with Gasteiger partial charge in [-0.25, -0.2) is 4.98 Å². The highest BCUT2D eigenvalue weighted by Crippen LogP contribution is 2.17. The van der Waals surface area contributed by atoms with E-state index in [-0.39, 0.29) is 6.10 Å². The van der Waals surface area contributed by atoms with Crippen LogP contribution in [-0.4, -0.2) is 11.1 Å². The van der Waals surface area contributed by atoms with Gasteiger partial charge >= 0.3 is 0 Å². The second-order valence-corrected chi connectivity index (χ2v) is 4.29. The maximum Gasteiger partial charge on any atom is 0.214 e. The Kier molecular flexibility index (Phi) is 5.61. The summed E-state index contributed by atoms with van der Waals surface area (Å²) in [4.78, 5) is 4.48. The van der Waals surface area contributed by atoms with E-state index in [1.807, 2.05) is 6.07 Å². The summed E-state index contributed by atoms with van der Waals surface area (Å²) in [6.07, 6.45) is 3.24. The standard InChI is InChI=1S/C13H20ClNO/c1-4-6-12-7-11(9-14)8-13(15-12)16-10(3)5-2/h7-8,10H,4-6,9H2,1-3H3. The summed E-state index contributed by atoms with van der Waals surface area (Å²) in [5.41, 5.74) is 2.15. The van der Waals surface area contributed by atoms with Crippen molar-refractivity contribution < 1.29 is 4.74 Å². The number of hydrogen-bond acceptors (Lipinski definition) is 2. The third-order valence-corrected chi connectivity index (χ3v) is 2.78. The molecule has 0 aliphatic carbocycles. The minimum atomic E-state index is 0.201. The van der Waals surface area contributed by atoms with E-state index in [2.05, 4.69) is 31.8 Å². The fraction of sp³-hybridized carbons (Fsp3) is 0.615. The van der Waals surface area contributed by atoms with Crippen LogP contribution < -0.4 is 4.74 Å². The molecule has 1 atom stereocenters. The molecule has 1 rings (SSSR count). The third kappa shape index (κ3) is 4.01. The van der Waals surface area contributed by atoms with Crippen molar-refractivity contribution in [2.45, 2.75) is 52.0 Å². The largest absolute Gasteiger partial charge is 0.475 e. The molecule has 2 nitrogen and oxygen atoms in total. The predicted octanol–water partition coefficient (Wildman–Crippen LogP) is 3.95. The molecular formula is C13H20ClNO. The quantitative estimate of drug-likeness (QED) is 0.704. The summed E-state index contributed by atoms with van der Waals surface area (Å²) in [6.45, 7) is 6.29. The van der Waals surface area contributed by atoms with E-state index < -0.39 is 0 Å². The molecule has 1 heterocycles. The van der Waals surface area contributed by atoms with Gasteiger partial charge in [0.2, 0.25) is 5.88 Å². The van der Waals surface area contributed by atoms with Crippen molar-refractivity contribution in [3.63, 3.8) is 0 Å². The van der Waals surface area contributed by atoms with Crippen LogP contribution in [0.3, 0.4) is 0 Å². The highest BCUT2D eigenvalue weighted by atomic mass is 35.5. The van der Waals surface area contributed by atoms with E-state index in [0.29, 0.717) is 11.8 Å². The van der Waals surface area contributed by atoms with Crippen LogP contribution in [0.25, 0.3) is 0 Å². The van der Waals surface area contributed by atoms with Crippen LogP contribution in [0, 0.1) is 0 Å². The molecule has 16 heavy (non-hydrogen) atoms. The molecule has 0 radical (unpaired) electrons. The van der Waals surface area contributed by atoms with Crippen LogP contribution in [0.2, 0.25) is 0 Å². The predicted molar refractivity (Wildman–Crippen MR) is 68.2 cm³/mol. The van der Waals surface area contributed by atoms with Gasteiger partial charge in [-0.3, -0.25) is 0 Å². The smallest absolute Gasteiger partial charge is 0.214 e. The lowest BCUT2D eigenvalue weighted by Gasteiger charge is -2.13. The number of nitrogens with zero attached hydrogens (tertiary/aromatic N) is 1. The number of hydrogen-bond donors (Lipinski definition) is 0. The molecule has 0 amide bonds. The van der Waals surface area contributed by atoms with Gasteiger partial charge in [0.1, 0.15) is 0 Å². The summed E-state index contributed by atoms with van der Waals surface area (Å²) in [6, 6.07) is 3.98. The van der Waals surface area contributed by atoms with Gasteiger partial charge in [0.15, 0.2) is 0 Å². The number of rotatable bonds is 6. The molecule has 90 valence electrons. The molecule has 0 aliphatic heterocycles. The van der Waals surface area contributed by atoms with Crippen molar-refractivity contribution in [2.24, 2.45) is 0 Å². The van der Waals surface area contributed by atoms with Crippen LogP contribution in [0.5, 0.6) is 5.88 Å². The minimum absolute atomic E-state index is 0.201. The number of pyridine rings is 1. The molecule has 1 aromatic rings.